The smallest absolute Gasteiger partial charge is 0.306 e. The number of esters is 2. The van der Waals surface area contributed by atoms with Crippen molar-refractivity contribution in [3.63, 3.8) is 0 Å². The van der Waals surface area contributed by atoms with Gasteiger partial charge >= 0.3 is 11.9 Å². The minimum absolute atomic E-state index is 0.135. The zero-order chi connectivity index (χ0) is 52.7. The predicted molar refractivity (Wildman–Crippen MR) is 301 cm³/mol. The highest BCUT2D eigenvalue weighted by molar-refractivity contribution is 5.70. The molecule has 0 saturated carbocycles. The molecule has 0 aliphatic heterocycles. The van der Waals surface area contributed by atoms with Gasteiger partial charge in [-0.3, -0.25) is 9.59 Å². The minimum Gasteiger partial charge on any atom is -0.545 e. The molecule has 0 radical (unpaired) electrons. The number of carbonyl (C=O) groups excluding carboxylic acids is 3. The highest BCUT2D eigenvalue weighted by Gasteiger charge is 2.21. The van der Waals surface area contributed by atoms with Crippen molar-refractivity contribution in [2.45, 2.75) is 187 Å². The Morgan fingerprint density at radius 3 is 1.18 bits per heavy atom. The third kappa shape index (κ3) is 53.0. The van der Waals surface area contributed by atoms with Crippen LogP contribution in [-0.4, -0.2) is 82.3 Å². The number of allylic oxidation sites excluding steroid dienone is 24. The SMILES string of the molecule is CC/C=C\C/C=C\C/C=C\C/C=C\C/C=C\C/C=C\C/C=C\C/C=C\C/C=C\C/C=C\C/C=C\C/C=C\CCCCCCC(=O)OC(COC(=O)CCCCCCCC)COC(OCC[N+](C)(C)C)C(=O)[O-]. The molecule has 0 N–H and O–H groups in total. The number of carboxylic acid groups (broad SMARTS) is 1. The van der Waals surface area contributed by atoms with Gasteiger partial charge in [0.2, 0.25) is 0 Å². The van der Waals surface area contributed by atoms with Crippen molar-refractivity contribution in [1.29, 1.82) is 0 Å². The van der Waals surface area contributed by atoms with Gasteiger partial charge in [0, 0.05) is 12.8 Å². The lowest BCUT2D eigenvalue weighted by Crippen LogP contribution is -2.44. The molecule has 0 amide bonds. The molecule has 404 valence electrons. The summed E-state index contributed by atoms with van der Waals surface area (Å²) in [5.41, 5.74) is 0. The van der Waals surface area contributed by atoms with E-state index in [2.05, 4.69) is 160 Å². The van der Waals surface area contributed by atoms with Crippen LogP contribution in [0.5, 0.6) is 0 Å². The number of likely N-dealkylation sites (N-methyl/N-ethyl adjacent to an activating group) is 1. The largest absolute Gasteiger partial charge is 0.545 e. The van der Waals surface area contributed by atoms with Crippen LogP contribution in [0.25, 0.3) is 0 Å². The Labute approximate surface area is 439 Å². The van der Waals surface area contributed by atoms with Crippen molar-refractivity contribution in [2.24, 2.45) is 0 Å². The van der Waals surface area contributed by atoms with E-state index in [1.165, 1.54) is 6.42 Å². The molecule has 9 heteroatoms. The maximum absolute atomic E-state index is 12.7. The van der Waals surface area contributed by atoms with Crippen molar-refractivity contribution < 1.29 is 42.9 Å². The fourth-order valence-electron chi connectivity index (χ4n) is 6.63. The van der Waals surface area contributed by atoms with E-state index < -0.39 is 24.3 Å². The predicted octanol–water partition coefficient (Wildman–Crippen LogP) is 14.7. The summed E-state index contributed by atoms with van der Waals surface area (Å²) in [6.07, 6.45) is 73.8. The molecule has 0 aliphatic carbocycles. The van der Waals surface area contributed by atoms with E-state index in [-0.39, 0.29) is 38.6 Å². The van der Waals surface area contributed by atoms with Gasteiger partial charge in [-0.2, -0.15) is 0 Å². The molecule has 0 aromatic heterocycles. The first-order valence-electron chi connectivity index (χ1n) is 27.5. The summed E-state index contributed by atoms with van der Waals surface area (Å²) >= 11 is 0. The van der Waals surface area contributed by atoms with Crippen molar-refractivity contribution in [3.8, 4) is 0 Å². The van der Waals surface area contributed by atoms with Gasteiger partial charge in [0.1, 0.15) is 13.2 Å². The van der Waals surface area contributed by atoms with Crippen LogP contribution in [0.15, 0.2) is 146 Å². The summed E-state index contributed by atoms with van der Waals surface area (Å²) in [7, 11) is 5.88. The molecule has 72 heavy (non-hydrogen) atoms. The normalized spacial score (nSPS) is 14.0. The third-order valence-electron chi connectivity index (χ3n) is 10.9. The molecule has 0 saturated heterocycles. The first kappa shape index (κ1) is 67.2. The van der Waals surface area contributed by atoms with Gasteiger partial charge in [-0.1, -0.05) is 205 Å². The summed E-state index contributed by atoms with van der Waals surface area (Å²) in [4.78, 5) is 36.8. The molecule has 2 unspecified atom stereocenters. The minimum atomic E-state index is -1.63. The van der Waals surface area contributed by atoms with Crippen LogP contribution in [-0.2, 0) is 33.3 Å². The third-order valence-corrected chi connectivity index (χ3v) is 10.9. The number of aliphatic carboxylic acids is 1. The van der Waals surface area contributed by atoms with Crippen LogP contribution in [0.3, 0.4) is 0 Å². The highest BCUT2D eigenvalue weighted by Crippen LogP contribution is 2.12. The molecule has 0 aromatic carbocycles. The molecule has 0 rings (SSSR count). The van der Waals surface area contributed by atoms with Crippen LogP contribution in [0.2, 0.25) is 0 Å². The second-order valence-corrected chi connectivity index (χ2v) is 18.8. The molecule has 0 aromatic rings. The van der Waals surface area contributed by atoms with Crippen LogP contribution in [0.1, 0.15) is 174 Å². The number of unbranched alkanes of at least 4 members (excludes halogenated alkanes) is 9. The molecule has 0 aliphatic rings. The number of carboxylic acids is 1. The van der Waals surface area contributed by atoms with Gasteiger partial charge in [-0.15, -0.1) is 0 Å². The fraction of sp³-hybridized carbons (Fsp3) is 0.571. The second kappa shape index (κ2) is 52.5. The van der Waals surface area contributed by atoms with Crippen LogP contribution < -0.4 is 5.11 Å². The lowest BCUT2D eigenvalue weighted by Gasteiger charge is -2.26. The number of nitrogens with zero attached hydrogens (tertiary/aromatic N) is 1. The van der Waals surface area contributed by atoms with E-state index in [9.17, 15) is 19.5 Å². The topological polar surface area (TPSA) is 111 Å². The Balaban J connectivity index is 4.13. The van der Waals surface area contributed by atoms with Crippen molar-refractivity contribution in [2.75, 3.05) is 47.5 Å². The van der Waals surface area contributed by atoms with E-state index in [1.54, 1.807) is 0 Å². The van der Waals surface area contributed by atoms with Gasteiger partial charge in [0.15, 0.2) is 12.4 Å². The standard InChI is InChI=1S/C63H99NO8/c1-6-8-10-12-14-15-16-17-18-19-20-21-22-23-24-25-26-27-28-29-30-31-32-33-34-35-36-37-38-39-40-41-42-43-44-45-46-47-48-50-52-54-61(66)72-59(57-70-60(65)53-51-49-13-11-9-7-2)58-71-63(62(67)68)69-56-55-64(3,4)5/h8,10,14-15,17-18,20-21,23-24,26-27,29-30,32-33,35-36,38-39,41-42,44-45,59,63H,6-7,9,11-13,16,19,22,25,28,31,34,37,40,43,46-58H2,1-5H3/b10-8-,15-14-,18-17-,21-20-,24-23-,27-26-,30-29-,33-32-,36-35-,39-38-,42-41-,45-44-. The number of carbonyl (C=O) groups is 3. The maximum Gasteiger partial charge on any atom is 0.306 e. The van der Waals surface area contributed by atoms with Crippen molar-refractivity contribution >= 4 is 17.9 Å². The Bertz CT molecular complexity index is 1680. The van der Waals surface area contributed by atoms with Gasteiger partial charge in [0.05, 0.1) is 40.3 Å². The average molecular weight is 998 g/mol. The summed E-state index contributed by atoms with van der Waals surface area (Å²) in [6.45, 7) is 4.48. The van der Waals surface area contributed by atoms with E-state index >= 15 is 0 Å². The van der Waals surface area contributed by atoms with Gasteiger partial charge < -0.3 is 33.3 Å². The summed E-state index contributed by atoms with van der Waals surface area (Å²) in [6, 6.07) is 0. The molecule has 0 heterocycles. The summed E-state index contributed by atoms with van der Waals surface area (Å²) in [5, 5.41) is 11.7. The number of hydrogen-bond donors (Lipinski definition) is 0. The summed E-state index contributed by atoms with van der Waals surface area (Å²) < 4.78 is 22.4. The van der Waals surface area contributed by atoms with Crippen LogP contribution >= 0.6 is 0 Å². The average Bonchev–Trinajstić information content (AvgIpc) is 3.35. The molecule has 0 bridgehead atoms. The zero-order valence-corrected chi connectivity index (χ0v) is 45.7. The highest BCUT2D eigenvalue weighted by atomic mass is 16.7. The number of quaternary nitrogens is 1. The van der Waals surface area contributed by atoms with Gasteiger partial charge in [-0.05, 0) is 103 Å². The van der Waals surface area contributed by atoms with E-state index in [4.69, 9.17) is 18.9 Å². The molecule has 2 atom stereocenters. The van der Waals surface area contributed by atoms with Crippen LogP contribution in [0.4, 0.5) is 0 Å². The number of hydrogen-bond acceptors (Lipinski definition) is 8. The lowest BCUT2D eigenvalue weighted by atomic mass is 10.1. The Hall–Kier alpha value is -4.83. The molecule has 0 spiro atoms. The second-order valence-electron chi connectivity index (χ2n) is 18.8. The lowest BCUT2D eigenvalue weighted by molar-refractivity contribution is -0.870. The molecule has 9 nitrogen and oxygen atoms in total. The van der Waals surface area contributed by atoms with Gasteiger partial charge in [0.25, 0.3) is 0 Å². The quantitative estimate of drug-likeness (QED) is 0.0195. The van der Waals surface area contributed by atoms with E-state index in [0.29, 0.717) is 17.4 Å². The van der Waals surface area contributed by atoms with Crippen molar-refractivity contribution in [3.05, 3.63) is 146 Å². The maximum atomic E-state index is 12.7. The molecule has 0 fully saturated rings. The molecular weight excluding hydrogens is 899 g/mol. The Kier molecular flexibility index (Phi) is 49.0. The first-order chi connectivity index (χ1) is 35.1. The van der Waals surface area contributed by atoms with Crippen LogP contribution in [0, 0.1) is 0 Å². The Morgan fingerprint density at radius 1 is 0.431 bits per heavy atom. The number of ether oxygens (including phenoxy) is 4. The Morgan fingerprint density at radius 2 is 0.792 bits per heavy atom. The van der Waals surface area contributed by atoms with E-state index in [1.807, 2.05) is 21.1 Å². The van der Waals surface area contributed by atoms with E-state index in [0.717, 1.165) is 135 Å². The van der Waals surface area contributed by atoms with Gasteiger partial charge in [-0.25, -0.2) is 0 Å². The summed E-state index contributed by atoms with van der Waals surface area (Å²) in [5.74, 6) is -2.35. The monoisotopic (exact) mass is 998 g/mol. The number of rotatable bonds is 48. The van der Waals surface area contributed by atoms with Crippen molar-refractivity contribution in [1.82, 2.24) is 0 Å². The fourth-order valence-corrected chi connectivity index (χ4v) is 6.63. The zero-order valence-electron chi connectivity index (χ0n) is 45.7. The molecular formula is C63H99NO8. The first-order valence-corrected chi connectivity index (χ1v) is 27.5.